The molecule has 0 saturated carbocycles. The molecule has 0 aliphatic heterocycles. The number of rotatable bonds is 18. The van der Waals surface area contributed by atoms with Crippen molar-refractivity contribution in [2.45, 2.75) is 90.8 Å². The summed E-state index contributed by atoms with van der Waals surface area (Å²) in [6.07, 6.45) is -0.757. The van der Waals surface area contributed by atoms with Gasteiger partial charge in [-0.1, -0.05) is 56.3 Å². The fourth-order valence-corrected chi connectivity index (χ4v) is 4.91. The fourth-order valence-electron chi connectivity index (χ4n) is 4.91. The van der Waals surface area contributed by atoms with Gasteiger partial charge in [0, 0.05) is 25.7 Å². The Kier molecular flexibility index (Phi) is 15.9. The smallest absolute Gasteiger partial charge is 0.408 e. The van der Waals surface area contributed by atoms with Crippen molar-refractivity contribution in [2.75, 3.05) is 13.7 Å². The molecule has 0 radical (unpaired) electrons. The van der Waals surface area contributed by atoms with Gasteiger partial charge >= 0.3 is 12.1 Å². The SMILES string of the molecule is COC(=O)C(CC(=O)C(Cc1ccccc1)NC(=O)CCC(=O)CNC(=O)[C@@H](Cc1ccc(F)cc1)NC(=O)OC(C)(C)C)CC(C)C. The van der Waals surface area contributed by atoms with E-state index in [2.05, 4.69) is 16.0 Å². The minimum atomic E-state index is -1.13. The summed E-state index contributed by atoms with van der Waals surface area (Å²) in [7, 11) is 1.27. The van der Waals surface area contributed by atoms with Gasteiger partial charge in [-0.2, -0.15) is 0 Å². The summed E-state index contributed by atoms with van der Waals surface area (Å²) >= 11 is 0. The van der Waals surface area contributed by atoms with Crippen molar-refractivity contribution in [3.63, 3.8) is 0 Å². The molecule has 12 heteroatoms. The zero-order chi connectivity index (χ0) is 35.9. The monoisotopic (exact) mass is 669 g/mol. The maximum absolute atomic E-state index is 13.4. The van der Waals surface area contributed by atoms with E-state index >= 15 is 0 Å². The van der Waals surface area contributed by atoms with Crippen molar-refractivity contribution in [1.29, 1.82) is 0 Å². The topological polar surface area (TPSA) is 157 Å². The van der Waals surface area contributed by atoms with Crippen LogP contribution in [0.15, 0.2) is 54.6 Å². The molecule has 3 amide bonds. The number of carbonyl (C=O) groups is 6. The summed E-state index contributed by atoms with van der Waals surface area (Å²) in [5, 5.41) is 7.70. The molecule has 262 valence electrons. The minimum absolute atomic E-state index is 0.00673. The number of halogens is 1. The molecule has 0 aliphatic rings. The van der Waals surface area contributed by atoms with Crippen LogP contribution < -0.4 is 16.0 Å². The third kappa shape index (κ3) is 15.3. The predicted molar refractivity (Wildman–Crippen MR) is 177 cm³/mol. The van der Waals surface area contributed by atoms with Crippen molar-refractivity contribution in [3.8, 4) is 0 Å². The van der Waals surface area contributed by atoms with E-state index in [1.165, 1.54) is 31.4 Å². The first-order chi connectivity index (χ1) is 22.6. The zero-order valence-electron chi connectivity index (χ0n) is 28.6. The van der Waals surface area contributed by atoms with Crippen molar-refractivity contribution in [2.24, 2.45) is 11.8 Å². The number of benzene rings is 2. The van der Waals surface area contributed by atoms with Gasteiger partial charge in [0.2, 0.25) is 11.8 Å². The number of Topliss-reactive ketones (excluding diaryl/α,β-unsaturated/α-hetero) is 2. The molecule has 2 rings (SSSR count). The van der Waals surface area contributed by atoms with E-state index in [1.807, 2.05) is 44.2 Å². The Bertz CT molecular complexity index is 1390. The van der Waals surface area contributed by atoms with Crippen molar-refractivity contribution in [3.05, 3.63) is 71.5 Å². The molecule has 2 aromatic carbocycles. The molecule has 3 N–H and O–H groups in total. The van der Waals surface area contributed by atoms with Gasteiger partial charge in [0.15, 0.2) is 11.6 Å². The highest BCUT2D eigenvalue weighted by Crippen LogP contribution is 2.19. The summed E-state index contributed by atoms with van der Waals surface area (Å²) in [4.78, 5) is 76.8. The van der Waals surface area contributed by atoms with Crippen molar-refractivity contribution < 1.29 is 42.6 Å². The highest BCUT2D eigenvalue weighted by Gasteiger charge is 2.29. The van der Waals surface area contributed by atoms with E-state index in [4.69, 9.17) is 9.47 Å². The second-order valence-corrected chi connectivity index (χ2v) is 13.1. The molecule has 11 nitrogen and oxygen atoms in total. The standard InChI is InChI=1S/C36H48FN3O8/c1-23(2)18-26(34(45)47-6)21-31(42)29(19-24-10-8-7-9-11-24)39-32(43)17-16-28(41)22-38-33(44)30(40-35(46)48-36(3,4)5)20-25-12-14-27(37)15-13-25/h7-15,23,26,29-30H,16-22H2,1-6H3,(H,38,44)(H,39,43)(H,40,46)/t26?,29?,30-/m1/s1. The lowest BCUT2D eigenvalue weighted by atomic mass is 9.89. The largest absolute Gasteiger partial charge is 0.469 e. The Morgan fingerprint density at radius 3 is 2.00 bits per heavy atom. The number of carbonyl (C=O) groups excluding carboxylic acids is 6. The van der Waals surface area contributed by atoms with Crippen LogP contribution in [0, 0.1) is 17.7 Å². The van der Waals surface area contributed by atoms with Crippen LogP contribution in [0.3, 0.4) is 0 Å². The Morgan fingerprint density at radius 2 is 1.42 bits per heavy atom. The number of nitrogens with one attached hydrogen (secondary N) is 3. The van der Waals surface area contributed by atoms with Crippen molar-refractivity contribution >= 4 is 35.4 Å². The minimum Gasteiger partial charge on any atom is -0.469 e. The van der Waals surface area contributed by atoms with Crippen LogP contribution in [-0.4, -0.2) is 66.8 Å². The lowest BCUT2D eigenvalue weighted by Gasteiger charge is -2.23. The Morgan fingerprint density at radius 1 is 0.812 bits per heavy atom. The molecule has 2 aromatic rings. The summed E-state index contributed by atoms with van der Waals surface area (Å²) in [5.41, 5.74) is 0.556. The first-order valence-electron chi connectivity index (χ1n) is 16.0. The van der Waals surface area contributed by atoms with Crippen LogP contribution >= 0.6 is 0 Å². The Hall–Kier alpha value is -4.61. The summed E-state index contributed by atoms with van der Waals surface area (Å²) in [6.45, 7) is 8.47. The second kappa shape index (κ2) is 19.3. The molecule has 0 saturated heterocycles. The molecule has 0 heterocycles. The molecule has 48 heavy (non-hydrogen) atoms. The lowest BCUT2D eigenvalue weighted by Crippen LogP contribution is -2.50. The van der Waals surface area contributed by atoms with E-state index in [1.54, 1.807) is 20.8 Å². The van der Waals surface area contributed by atoms with Gasteiger partial charge in [0.1, 0.15) is 17.5 Å². The molecular weight excluding hydrogens is 621 g/mol. The summed E-state index contributed by atoms with van der Waals surface area (Å²) < 4.78 is 23.5. The molecule has 2 unspecified atom stereocenters. The lowest BCUT2D eigenvalue weighted by molar-refractivity contribution is -0.148. The molecule has 0 bridgehead atoms. The van der Waals surface area contributed by atoms with Gasteiger partial charge in [0.05, 0.1) is 25.6 Å². The fraction of sp³-hybridized carbons (Fsp3) is 0.500. The van der Waals surface area contributed by atoms with Gasteiger partial charge in [0.25, 0.3) is 0 Å². The number of esters is 1. The molecule has 0 spiro atoms. The zero-order valence-corrected chi connectivity index (χ0v) is 28.6. The predicted octanol–water partition coefficient (Wildman–Crippen LogP) is 4.25. The van der Waals surface area contributed by atoms with Crippen LogP contribution in [0.4, 0.5) is 9.18 Å². The highest BCUT2D eigenvalue weighted by molar-refractivity contribution is 5.94. The third-order valence-corrected chi connectivity index (χ3v) is 7.20. The summed E-state index contributed by atoms with van der Waals surface area (Å²) in [5.74, 6) is -3.45. The van der Waals surface area contributed by atoms with Gasteiger partial charge in [-0.3, -0.25) is 24.0 Å². The number of ketones is 2. The van der Waals surface area contributed by atoms with Gasteiger partial charge in [-0.25, -0.2) is 9.18 Å². The van der Waals surface area contributed by atoms with Gasteiger partial charge in [-0.15, -0.1) is 0 Å². The number of alkyl carbamates (subject to hydrolysis) is 1. The number of hydrogen-bond acceptors (Lipinski definition) is 8. The third-order valence-electron chi connectivity index (χ3n) is 7.20. The van der Waals surface area contributed by atoms with Gasteiger partial charge < -0.3 is 25.4 Å². The van der Waals surface area contributed by atoms with E-state index < -0.39 is 65.6 Å². The second-order valence-electron chi connectivity index (χ2n) is 13.1. The first-order valence-corrected chi connectivity index (χ1v) is 16.0. The van der Waals surface area contributed by atoms with Crippen molar-refractivity contribution in [1.82, 2.24) is 16.0 Å². The number of methoxy groups -OCH3 is 1. The number of hydrogen-bond donors (Lipinski definition) is 3. The molecular formula is C36H48FN3O8. The molecule has 3 atom stereocenters. The average Bonchev–Trinajstić information content (AvgIpc) is 3.01. The normalized spacial score (nSPS) is 13.1. The number of amides is 3. The quantitative estimate of drug-likeness (QED) is 0.199. The van der Waals surface area contributed by atoms with Crippen LogP contribution in [0.5, 0.6) is 0 Å². The number of ether oxygens (including phenoxy) is 2. The van der Waals surface area contributed by atoms with Crippen LogP contribution in [-0.2, 0) is 46.3 Å². The van der Waals surface area contributed by atoms with E-state index in [0.717, 1.165) is 5.56 Å². The Labute approximate surface area is 281 Å². The average molecular weight is 670 g/mol. The van der Waals surface area contributed by atoms with Gasteiger partial charge in [-0.05, 0) is 62.8 Å². The van der Waals surface area contributed by atoms with Crippen LogP contribution in [0.2, 0.25) is 0 Å². The molecule has 0 aromatic heterocycles. The van der Waals surface area contributed by atoms with E-state index in [0.29, 0.717) is 12.0 Å². The summed E-state index contributed by atoms with van der Waals surface area (Å²) in [6, 6.07) is 12.5. The Balaban J connectivity index is 2.01. The molecule has 0 fully saturated rings. The van der Waals surface area contributed by atoms with Crippen LogP contribution in [0.1, 0.15) is 71.4 Å². The van der Waals surface area contributed by atoms with E-state index in [-0.39, 0.29) is 43.8 Å². The van der Waals surface area contributed by atoms with Crippen LogP contribution in [0.25, 0.3) is 0 Å². The van der Waals surface area contributed by atoms with E-state index in [9.17, 15) is 33.2 Å². The maximum atomic E-state index is 13.4. The highest BCUT2D eigenvalue weighted by atomic mass is 19.1. The first kappa shape index (κ1) is 39.6. The maximum Gasteiger partial charge on any atom is 0.408 e. The molecule has 0 aliphatic carbocycles.